The van der Waals surface area contributed by atoms with E-state index in [9.17, 15) is 4.79 Å². The summed E-state index contributed by atoms with van der Waals surface area (Å²) in [5, 5.41) is 3.30. The lowest BCUT2D eigenvalue weighted by Crippen LogP contribution is -2.42. The molecule has 1 N–H and O–H groups in total. The molecule has 86 valence electrons. The monoisotopic (exact) mass is 218 g/mol. The van der Waals surface area contributed by atoms with Gasteiger partial charge in [0.25, 0.3) is 0 Å². The first-order valence-corrected chi connectivity index (χ1v) is 5.80. The fourth-order valence-electron chi connectivity index (χ4n) is 2.10. The van der Waals surface area contributed by atoms with Gasteiger partial charge in [-0.05, 0) is 24.5 Å². The van der Waals surface area contributed by atoms with Gasteiger partial charge in [-0.15, -0.1) is 0 Å². The van der Waals surface area contributed by atoms with E-state index in [0.717, 1.165) is 25.1 Å². The van der Waals surface area contributed by atoms with Gasteiger partial charge in [0.05, 0.1) is 0 Å². The van der Waals surface area contributed by atoms with E-state index in [0.29, 0.717) is 0 Å². The largest absolute Gasteiger partial charge is 0.344 e. The molecule has 3 nitrogen and oxygen atoms in total. The smallest absolute Gasteiger partial charge is 0.244 e. The van der Waals surface area contributed by atoms with Gasteiger partial charge in [0.1, 0.15) is 6.04 Å². The highest BCUT2D eigenvalue weighted by molar-refractivity contribution is 5.83. The Bertz CT molecular complexity index is 389. The minimum Gasteiger partial charge on any atom is -0.344 e. The first kappa shape index (κ1) is 11.1. The molecule has 0 aliphatic carbocycles. The molecule has 0 spiro atoms. The van der Waals surface area contributed by atoms with Gasteiger partial charge in [-0.1, -0.05) is 24.3 Å². The third-order valence-corrected chi connectivity index (χ3v) is 3.21. The van der Waals surface area contributed by atoms with Crippen LogP contribution in [0.25, 0.3) is 0 Å². The number of nitrogens with zero attached hydrogens (tertiary/aromatic N) is 1. The third kappa shape index (κ3) is 1.95. The molecular weight excluding hydrogens is 200 g/mol. The number of carbonyl (C=O) groups excluding carboxylic acids is 1. The molecule has 1 aromatic rings. The first-order chi connectivity index (χ1) is 7.74. The van der Waals surface area contributed by atoms with Gasteiger partial charge in [0.2, 0.25) is 5.91 Å². The van der Waals surface area contributed by atoms with Crippen molar-refractivity contribution >= 4 is 5.91 Å². The van der Waals surface area contributed by atoms with Crippen LogP contribution in [-0.4, -0.2) is 30.9 Å². The van der Waals surface area contributed by atoms with Crippen molar-refractivity contribution in [2.24, 2.45) is 0 Å². The molecule has 0 bridgehead atoms. The van der Waals surface area contributed by atoms with Crippen molar-refractivity contribution in [1.82, 2.24) is 10.2 Å². The zero-order valence-electron chi connectivity index (χ0n) is 9.86. The first-order valence-electron chi connectivity index (χ1n) is 5.80. The molecule has 1 aromatic carbocycles. The van der Waals surface area contributed by atoms with E-state index in [1.807, 2.05) is 32.2 Å². The van der Waals surface area contributed by atoms with Crippen LogP contribution in [0, 0.1) is 0 Å². The van der Waals surface area contributed by atoms with Crippen LogP contribution in [0.4, 0.5) is 0 Å². The minimum atomic E-state index is -0.158. The standard InChI is InChI=1S/C13H18N2O/c1-3-15(2)13(16)12-11-7-5-4-6-10(11)8-9-14-12/h4-7,12,14H,3,8-9H2,1-2H3. The molecule has 16 heavy (non-hydrogen) atoms. The summed E-state index contributed by atoms with van der Waals surface area (Å²) in [5.74, 6) is 0.162. The minimum absolute atomic E-state index is 0.158. The Labute approximate surface area is 96.5 Å². The number of hydrogen-bond acceptors (Lipinski definition) is 2. The van der Waals surface area contributed by atoms with Crippen molar-refractivity contribution in [3.63, 3.8) is 0 Å². The maximum atomic E-state index is 12.2. The van der Waals surface area contributed by atoms with E-state index in [1.54, 1.807) is 4.90 Å². The Kier molecular flexibility index (Phi) is 3.25. The second kappa shape index (κ2) is 4.66. The molecule has 1 amide bonds. The summed E-state index contributed by atoms with van der Waals surface area (Å²) in [7, 11) is 1.85. The van der Waals surface area contributed by atoms with E-state index >= 15 is 0 Å². The second-order valence-electron chi connectivity index (χ2n) is 4.19. The topological polar surface area (TPSA) is 32.3 Å². The molecule has 0 radical (unpaired) electrons. The van der Waals surface area contributed by atoms with Crippen LogP contribution in [0.1, 0.15) is 24.1 Å². The number of likely N-dealkylation sites (N-methyl/N-ethyl adjacent to an activating group) is 1. The summed E-state index contributed by atoms with van der Waals surface area (Å²) in [6.07, 6.45) is 1.01. The summed E-state index contributed by atoms with van der Waals surface area (Å²) in [4.78, 5) is 13.9. The number of benzene rings is 1. The van der Waals surface area contributed by atoms with Gasteiger partial charge < -0.3 is 10.2 Å². The fourth-order valence-corrected chi connectivity index (χ4v) is 2.10. The lowest BCUT2D eigenvalue weighted by atomic mass is 9.93. The van der Waals surface area contributed by atoms with Crippen LogP contribution in [-0.2, 0) is 11.2 Å². The van der Waals surface area contributed by atoms with Crippen LogP contribution in [0.5, 0.6) is 0 Å². The maximum absolute atomic E-state index is 12.2. The Morgan fingerprint density at radius 1 is 1.50 bits per heavy atom. The van der Waals surface area contributed by atoms with Gasteiger partial charge >= 0.3 is 0 Å². The predicted octanol–water partition coefficient (Wildman–Crippen LogP) is 1.35. The van der Waals surface area contributed by atoms with Crippen LogP contribution in [0.2, 0.25) is 0 Å². The van der Waals surface area contributed by atoms with Crippen LogP contribution in [0.3, 0.4) is 0 Å². The van der Waals surface area contributed by atoms with E-state index in [4.69, 9.17) is 0 Å². The van der Waals surface area contributed by atoms with Gasteiger partial charge in [-0.2, -0.15) is 0 Å². The van der Waals surface area contributed by atoms with Crippen LogP contribution in [0.15, 0.2) is 24.3 Å². The van der Waals surface area contributed by atoms with Crippen molar-refractivity contribution in [3.05, 3.63) is 35.4 Å². The fraction of sp³-hybridized carbons (Fsp3) is 0.462. The molecule has 1 unspecified atom stereocenters. The van der Waals surface area contributed by atoms with Crippen molar-refractivity contribution < 1.29 is 4.79 Å². The van der Waals surface area contributed by atoms with E-state index in [1.165, 1.54) is 5.56 Å². The molecule has 0 saturated carbocycles. The zero-order chi connectivity index (χ0) is 11.5. The summed E-state index contributed by atoms with van der Waals surface area (Å²) in [6.45, 7) is 3.62. The molecule has 1 aliphatic rings. The number of fused-ring (bicyclic) bond motifs is 1. The SMILES string of the molecule is CCN(C)C(=O)C1NCCc2ccccc21. The highest BCUT2D eigenvalue weighted by Crippen LogP contribution is 2.23. The van der Waals surface area contributed by atoms with Gasteiger partial charge in [-0.3, -0.25) is 4.79 Å². The summed E-state index contributed by atoms with van der Waals surface area (Å²) in [5.41, 5.74) is 2.43. The summed E-state index contributed by atoms with van der Waals surface area (Å²) >= 11 is 0. The summed E-state index contributed by atoms with van der Waals surface area (Å²) < 4.78 is 0. The predicted molar refractivity (Wildman–Crippen MR) is 64.2 cm³/mol. The van der Waals surface area contributed by atoms with Crippen molar-refractivity contribution in [2.75, 3.05) is 20.1 Å². The number of nitrogens with one attached hydrogen (secondary N) is 1. The number of hydrogen-bond donors (Lipinski definition) is 1. The Morgan fingerprint density at radius 3 is 3.00 bits per heavy atom. The molecule has 2 rings (SSSR count). The number of amides is 1. The molecule has 3 heteroatoms. The summed E-state index contributed by atoms with van der Waals surface area (Å²) in [6, 6.07) is 8.04. The van der Waals surface area contributed by atoms with E-state index in [2.05, 4.69) is 11.4 Å². The Hall–Kier alpha value is -1.35. The molecule has 1 atom stereocenters. The van der Waals surface area contributed by atoms with Gasteiger partial charge in [0.15, 0.2) is 0 Å². The van der Waals surface area contributed by atoms with Gasteiger partial charge in [0, 0.05) is 20.1 Å². The third-order valence-electron chi connectivity index (χ3n) is 3.21. The second-order valence-corrected chi connectivity index (χ2v) is 4.19. The zero-order valence-corrected chi connectivity index (χ0v) is 9.86. The molecule has 0 saturated heterocycles. The highest BCUT2D eigenvalue weighted by Gasteiger charge is 2.27. The number of rotatable bonds is 2. The van der Waals surface area contributed by atoms with Crippen LogP contribution >= 0.6 is 0 Å². The Morgan fingerprint density at radius 2 is 2.25 bits per heavy atom. The quantitative estimate of drug-likeness (QED) is 0.812. The van der Waals surface area contributed by atoms with Crippen molar-refractivity contribution in [2.45, 2.75) is 19.4 Å². The lowest BCUT2D eigenvalue weighted by molar-refractivity contribution is -0.132. The average Bonchev–Trinajstić information content (AvgIpc) is 2.36. The van der Waals surface area contributed by atoms with Crippen molar-refractivity contribution in [1.29, 1.82) is 0 Å². The maximum Gasteiger partial charge on any atom is 0.244 e. The van der Waals surface area contributed by atoms with E-state index in [-0.39, 0.29) is 11.9 Å². The van der Waals surface area contributed by atoms with Crippen LogP contribution < -0.4 is 5.32 Å². The highest BCUT2D eigenvalue weighted by atomic mass is 16.2. The molecule has 1 aliphatic heterocycles. The molecule has 0 aromatic heterocycles. The molecule has 1 heterocycles. The molecule has 0 fully saturated rings. The van der Waals surface area contributed by atoms with E-state index < -0.39 is 0 Å². The van der Waals surface area contributed by atoms with Crippen molar-refractivity contribution in [3.8, 4) is 0 Å². The normalized spacial score (nSPS) is 19.0. The lowest BCUT2D eigenvalue weighted by Gasteiger charge is -2.29. The van der Waals surface area contributed by atoms with Gasteiger partial charge in [-0.25, -0.2) is 0 Å². The molecular formula is C13H18N2O. The number of carbonyl (C=O) groups is 1. The Balaban J connectivity index is 2.28. The average molecular weight is 218 g/mol.